The van der Waals surface area contributed by atoms with Crippen LogP contribution in [0.4, 0.5) is 4.39 Å². The van der Waals surface area contributed by atoms with Crippen LogP contribution in [0.25, 0.3) is 0 Å². The Balaban J connectivity index is 2.95. The zero-order valence-corrected chi connectivity index (χ0v) is 11.6. The molecule has 3 nitrogen and oxygen atoms in total. The molecule has 6 heteroatoms. The van der Waals surface area contributed by atoms with Gasteiger partial charge in [0.25, 0.3) is 5.91 Å². The molecule has 2 N–H and O–H groups in total. The maximum absolute atomic E-state index is 13.3. The predicted molar refractivity (Wildman–Crippen MR) is 69.7 cm³/mol. The highest BCUT2D eigenvalue weighted by Gasteiger charge is 2.22. The molecule has 0 aliphatic rings. The number of benzene rings is 1. The second-order valence-electron chi connectivity index (χ2n) is 4.56. The number of amides is 1. The van der Waals surface area contributed by atoms with Gasteiger partial charge in [-0.25, -0.2) is 4.39 Å². The first kappa shape index (κ1) is 15.2. The highest BCUT2D eigenvalue weighted by Crippen LogP contribution is 2.24. The molecule has 0 aliphatic heterocycles. The molecule has 0 saturated heterocycles. The lowest BCUT2D eigenvalue weighted by molar-refractivity contribution is 0.0899. The number of aliphatic hydroxyl groups is 1. The van der Waals surface area contributed by atoms with Crippen molar-refractivity contribution in [2.45, 2.75) is 25.8 Å². The summed E-state index contributed by atoms with van der Waals surface area (Å²) in [5.41, 5.74) is -0.588. The Morgan fingerprint density at radius 2 is 2.00 bits per heavy atom. The van der Waals surface area contributed by atoms with Crippen LogP contribution in [0.1, 0.15) is 30.6 Å². The fourth-order valence-corrected chi connectivity index (χ4v) is 1.88. The number of nitrogens with one attached hydrogen (secondary N) is 1. The van der Waals surface area contributed by atoms with Crippen molar-refractivity contribution in [1.29, 1.82) is 0 Å². The van der Waals surface area contributed by atoms with Crippen molar-refractivity contribution in [2.24, 2.45) is 0 Å². The first-order valence-electron chi connectivity index (χ1n) is 5.35. The Bertz CT molecular complexity index is 464. The van der Waals surface area contributed by atoms with Gasteiger partial charge in [0.05, 0.1) is 15.6 Å². The molecule has 0 atom stereocenters. The molecule has 1 aromatic rings. The molecule has 1 aromatic carbocycles. The molecule has 0 bridgehead atoms. The molecule has 1 amide bonds. The summed E-state index contributed by atoms with van der Waals surface area (Å²) in [7, 11) is 0. The van der Waals surface area contributed by atoms with Gasteiger partial charge >= 0.3 is 0 Å². The summed E-state index contributed by atoms with van der Waals surface area (Å²) in [6.07, 6.45) is 0.381. The molecule has 0 aliphatic carbocycles. The summed E-state index contributed by atoms with van der Waals surface area (Å²) in [4.78, 5) is 11.9. The van der Waals surface area contributed by atoms with E-state index in [-0.39, 0.29) is 22.2 Å². The summed E-state index contributed by atoms with van der Waals surface area (Å²) in [6.45, 7) is 3.44. The lowest BCUT2D eigenvalue weighted by atomic mass is 10.0. The lowest BCUT2D eigenvalue weighted by Crippen LogP contribution is -2.44. The van der Waals surface area contributed by atoms with Crippen molar-refractivity contribution in [1.82, 2.24) is 5.32 Å². The van der Waals surface area contributed by atoms with Crippen molar-refractivity contribution < 1.29 is 14.3 Å². The third-order valence-electron chi connectivity index (χ3n) is 2.44. The highest BCUT2D eigenvalue weighted by atomic mass is 35.5. The van der Waals surface area contributed by atoms with E-state index >= 15 is 0 Å². The maximum Gasteiger partial charge on any atom is 0.253 e. The Morgan fingerprint density at radius 3 is 2.56 bits per heavy atom. The van der Waals surface area contributed by atoms with E-state index in [0.29, 0.717) is 6.42 Å². The molecule has 0 aromatic heterocycles. The second-order valence-corrected chi connectivity index (χ2v) is 5.37. The average Bonchev–Trinajstić information content (AvgIpc) is 2.22. The number of aliphatic hydroxyl groups excluding tert-OH is 1. The van der Waals surface area contributed by atoms with Crippen LogP contribution in [0.2, 0.25) is 10.0 Å². The van der Waals surface area contributed by atoms with Crippen molar-refractivity contribution in [3.05, 3.63) is 33.6 Å². The molecule has 1 rings (SSSR count). The molecule has 0 saturated carbocycles. The molecule has 100 valence electrons. The highest BCUT2D eigenvalue weighted by molar-refractivity contribution is 6.36. The summed E-state index contributed by atoms with van der Waals surface area (Å²) < 4.78 is 13.3. The van der Waals surface area contributed by atoms with Gasteiger partial charge in [0, 0.05) is 12.1 Å². The van der Waals surface area contributed by atoms with Gasteiger partial charge in [-0.15, -0.1) is 0 Å². The number of halogens is 3. The van der Waals surface area contributed by atoms with Gasteiger partial charge < -0.3 is 10.4 Å². The van der Waals surface area contributed by atoms with Crippen LogP contribution >= 0.6 is 23.2 Å². The Labute approximate surface area is 115 Å². The van der Waals surface area contributed by atoms with Crippen molar-refractivity contribution in [3.63, 3.8) is 0 Å². The van der Waals surface area contributed by atoms with Gasteiger partial charge in [0.2, 0.25) is 0 Å². The van der Waals surface area contributed by atoms with E-state index in [1.807, 2.05) is 0 Å². The minimum absolute atomic E-state index is 0.0181. The van der Waals surface area contributed by atoms with Gasteiger partial charge in [-0.1, -0.05) is 23.2 Å². The fraction of sp³-hybridized carbons (Fsp3) is 0.417. The molecular formula is C12H14Cl2FNO2. The molecule has 0 unspecified atom stereocenters. The fourth-order valence-electron chi connectivity index (χ4n) is 1.41. The summed E-state index contributed by atoms with van der Waals surface area (Å²) in [5, 5.41) is 11.5. The quantitative estimate of drug-likeness (QED) is 0.839. The van der Waals surface area contributed by atoms with E-state index in [0.717, 1.165) is 6.07 Å². The van der Waals surface area contributed by atoms with E-state index in [9.17, 15) is 9.18 Å². The smallest absolute Gasteiger partial charge is 0.253 e. The number of carbonyl (C=O) groups excluding carboxylic acids is 1. The average molecular weight is 294 g/mol. The SMILES string of the molecule is CC(C)(CCO)NC(=O)c1cc(F)c(Cl)cc1Cl. The number of carbonyl (C=O) groups is 1. The normalized spacial score (nSPS) is 11.4. The standard InChI is InChI=1S/C12H14Cl2FNO2/c1-12(2,3-4-17)16-11(18)7-5-10(15)9(14)6-8(7)13/h5-6,17H,3-4H2,1-2H3,(H,16,18). The number of hydrogen-bond acceptors (Lipinski definition) is 2. The van der Waals surface area contributed by atoms with Crippen LogP contribution in [-0.2, 0) is 0 Å². The molecule has 18 heavy (non-hydrogen) atoms. The van der Waals surface area contributed by atoms with Crippen LogP contribution in [0.15, 0.2) is 12.1 Å². The third kappa shape index (κ3) is 3.83. The predicted octanol–water partition coefficient (Wildman–Crippen LogP) is 3.02. The monoisotopic (exact) mass is 293 g/mol. The first-order chi connectivity index (χ1) is 8.26. The molecule has 0 radical (unpaired) electrons. The van der Waals surface area contributed by atoms with E-state index < -0.39 is 17.3 Å². The number of rotatable bonds is 4. The topological polar surface area (TPSA) is 49.3 Å². The van der Waals surface area contributed by atoms with Crippen LogP contribution in [0, 0.1) is 5.82 Å². The van der Waals surface area contributed by atoms with Crippen molar-refractivity contribution in [3.8, 4) is 0 Å². The molecule has 0 spiro atoms. The molecule has 0 heterocycles. The van der Waals surface area contributed by atoms with Crippen LogP contribution in [-0.4, -0.2) is 23.2 Å². The van der Waals surface area contributed by atoms with Gasteiger partial charge in [-0.05, 0) is 32.4 Å². The Kier molecular flexibility index (Phi) is 4.96. The van der Waals surface area contributed by atoms with E-state index in [1.165, 1.54) is 6.07 Å². The van der Waals surface area contributed by atoms with Gasteiger partial charge in [0.15, 0.2) is 0 Å². The molecular weight excluding hydrogens is 280 g/mol. The van der Waals surface area contributed by atoms with Crippen molar-refractivity contribution in [2.75, 3.05) is 6.61 Å². The zero-order chi connectivity index (χ0) is 13.9. The van der Waals surface area contributed by atoms with Crippen LogP contribution in [0.3, 0.4) is 0 Å². The lowest BCUT2D eigenvalue weighted by Gasteiger charge is -2.25. The second kappa shape index (κ2) is 5.87. The minimum atomic E-state index is -0.703. The van der Waals surface area contributed by atoms with Crippen LogP contribution < -0.4 is 5.32 Å². The molecule has 0 fully saturated rings. The minimum Gasteiger partial charge on any atom is -0.396 e. The Morgan fingerprint density at radius 1 is 1.39 bits per heavy atom. The van der Waals surface area contributed by atoms with Gasteiger partial charge in [-0.2, -0.15) is 0 Å². The van der Waals surface area contributed by atoms with E-state index in [2.05, 4.69) is 5.32 Å². The largest absolute Gasteiger partial charge is 0.396 e. The van der Waals surface area contributed by atoms with Crippen LogP contribution in [0.5, 0.6) is 0 Å². The zero-order valence-electron chi connectivity index (χ0n) is 10.1. The number of hydrogen-bond donors (Lipinski definition) is 2. The maximum atomic E-state index is 13.3. The van der Waals surface area contributed by atoms with Crippen molar-refractivity contribution >= 4 is 29.1 Å². The third-order valence-corrected chi connectivity index (χ3v) is 3.05. The summed E-state index contributed by atoms with van der Waals surface area (Å²) in [6, 6.07) is 2.18. The first-order valence-corrected chi connectivity index (χ1v) is 6.10. The summed E-state index contributed by atoms with van der Waals surface area (Å²) in [5.74, 6) is -1.21. The Hall–Kier alpha value is -0.840. The van der Waals surface area contributed by atoms with E-state index in [1.54, 1.807) is 13.8 Å². The van der Waals surface area contributed by atoms with Gasteiger partial charge in [0.1, 0.15) is 5.82 Å². The summed E-state index contributed by atoms with van der Waals surface area (Å²) >= 11 is 11.4. The van der Waals surface area contributed by atoms with E-state index in [4.69, 9.17) is 28.3 Å². The van der Waals surface area contributed by atoms with Gasteiger partial charge in [-0.3, -0.25) is 4.79 Å².